The normalized spacial score (nSPS) is 24.1. The van der Waals surface area contributed by atoms with Crippen LogP contribution in [0, 0.1) is 0 Å². The van der Waals surface area contributed by atoms with E-state index < -0.39 is 44.9 Å². The monoisotopic (exact) mass is 502 g/mol. The van der Waals surface area contributed by atoms with Crippen molar-refractivity contribution in [2.75, 3.05) is 0 Å². The summed E-state index contributed by atoms with van der Waals surface area (Å²) in [6.45, 7) is 3.33. The summed E-state index contributed by atoms with van der Waals surface area (Å²) in [4.78, 5) is 39.3. The smallest absolute Gasteiger partial charge is 0.335 e. The zero-order valence-corrected chi connectivity index (χ0v) is 20.7. The summed E-state index contributed by atoms with van der Waals surface area (Å²) >= 11 is -1.78. The van der Waals surface area contributed by atoms with Crippen LogP contribution in [-0.4, -0.2) is 43.0 Å². The fourth-order valence-corrected chi connectivity index (χ4v) is 7.08. The molecule has 2 aliphatic heterocycles. The van der Waals surface area contributed by atoms with E-state index in [-0.39, 0.29) is 12.3 Å². The number of esters is 1. The molecule has 7 nitrogen and oxygen atoms in total. The predicted octanol–water partition coefficient (Wildman–Crippen LogP) is 3.54. The molecule has 1 unspecified atom stereocenters. The largest absolute Gasteiger partial charge is 0.613 e. The molecular weight excluding hydrogens is 476 g/mol. The van der Waals surface area contributed by atoms with Gasteiger partial charge >= 0.3 is 5.97 Å². The van der Waals surface area contributed by atoms with Gasteiger partial charge in [-0.05, 0) is 37.1 Å². The molecule has 0 aromatic heterocycles. The SMILES string of the molecule is CC1(C)[C@H](C(=O)OC(c2ccccc2)c2ccccc2)N2C(=O)CC2(NC(=O)c2ccccc2)[S@@+]1[O-]. The van der Waals surface area contributed by atoms with Gasteiger partial charge in [-0.2, -0.15) is 0 Å². The van der Waals surface area contributed by atoms with E-state index in [0.717, 1.165) is 11.1 Å². The van der Waals surface area contributed by atoms with Crippen LogP contribution in [0.5, 0.6) is 0 Å². The Morgan fingerprint density at radius 3 is 1.94 bits per heavy atom. The highest BCUT2D eigenvalue weighted by molar-refractivity contribution is 7.94. The lowest BCUT2D eigenvalue weighted by Crippen LogP contribution is -2.73. The average Bonchev–Trinajstić information content (AvgIpc) is 3.03. The first-order valence-electron chi connectivity index (χ1n) is 11.7. The first-order chi connectivity index (χ1) is 17.3. The van der Waals surface area contributed by atoms with E-state index >= 15 is 0 Å². The average molecular weight is 503 g/mol. The first kappa shape index (κ1) is 24.1. The number of β-lactam (4-membered cyclic amide) rings is 1. The topological polar surface area (TPSA) is 98.8 Å². The molecule has 2 fully saturated rings. The van der Waals surface area contributed by atoms with Crippen molar-refractivity contribution in [2.24, 2.45) is 0 Å². The Hall–Kier alpha value is -3.62. The number of fused-ring (bicyclic) bond motifs is 1. The van der Waals surface area contributed by atoms with Crippen LogP contribution < -0.4 is 5.32 Å². The molecule has 0 spiro atoms. The van der Waals surface area contributed by atoms with Gasteiger partial charge in [-0.3, -0.25) is 19.8 Å². The molecule has 2 heterocycles. The summed E-state index contributed by atoms with van der Waals surface area (Å²) in [6.07, 6.45) is -0.860. The Kier molecular flexibility index (Phi) is 6.10. The molecule has 3 aromatic rings. The van der Waals surface area contributed by atoms with Crippen molar-refractivity contribution < 1.29 is 23.7 Å². The van der Waals surface area contributed by atoms with Gasteiger partial charge in [0.1, 0.15) is 6.42 Å². The molecular formula is C28H26N2O5S. The summed E-state index contributed by atoms with van der Waals surface area (Å²) in [5, 5.41) is 2.80. The molecule has 184 valence electrons. The third-order valence-corrected chi connectivity index (χ3v) is 8.99. The fraction of sp³-hybridized carbons (Fsp3) is 0.250. The Morgan fingerprint density at radius 1 is 0.944 bits per heavy atom. The fourth-order valence-electron chi connectivity index (χ4n) is 4.98. The van der Waals surface area contributed by atoms with E-state index in [0.29, 0.717) is 5.56 Å². The number of carbonyl (C=O) groups is 3. The van der Waals surface area contributed by atoms with Crippen LogP contribution in [0.3, 0.4) is 0 Å². The van der Waals surface area contributed by atoms with Crippen LogP contribution in [0.15, 0.2) is 91.0 Å². The number of amides is 2. The van der Waals surface area contributed by atoms with Crippen molar-refractivity contribution in [1.29, 1.82) is 0 Å². The highest BCUT2D eigenvalue weighted by Gasteiger charge is 2.78. The number of carbonyl (C=O) groups excluding carboxylic acids is 3. The highest BCUT2D eigenvalue weighted by atomic mass is 32.2. The van der Waals surface area contributed by atoms with E-state index in [1.807, 2.05) is 60.7 Å². The molecule has 36 heavy (non-hydrogen) atoms. The Morgan fingerprint density at radius 2 is 1.44 bits per heavy atom. The lowest BCUT2D eigenvalue weighted by molar-refractivity contribution is -0.170. The standard InChI is InChI=1S/C28H26N2O5S/c1-27(2)24(26(33)35-23(19-12-6-3-7-13-19)20-14-8-4-9-15-20)30-22(31)18-28(30,36(27)34)29-25(32)21-16-10-5-11-17-21/h3-17,23-24H,18H2,1-2H3,(H,29,32)/t24-,28?,36-/m0/s1. The minimum Gasteiger partial charge on any atom is -0.613 e. The van der Waals surface area contributed by atoms with Crippen LogP contribution in [0.1, 0.15) is 47.9 Å². The van der Waals surface area contributed by atoms with Gasteiger partial charge in [-0.25, -0.2) is 4.79 Å². The number of benzene rings is 3. The molecule has 0 aliphatic carbocycles. The zero-order chi connectivity index (χ0) is 25.5. The van der Waals surface area contributed by atoms with Crippen molar-refractivity contribution >= 4 is 29.0 Å². The van der Waals surface area contributed by atoms with Gasteiger partial charge in [0.05, 0.1) is 0 Å². The van der Waals surface area contributed by atoms with Gasteiger partial charge in [0, 0.05) is 16.7 Å². The summed E-state index contributed by atoms with van der Waals surface area (Å²) in [7, 11) is 0. The number of hydrogen-bond donors (Lipinski definition) is 1. The minimum atomic E-state index is -1.78. The molecule has 1 N–H and O–H groups in total. The maximum Gasteiger partial charge on any atom is 0.335 e. The molecule has 0 radical (unpaired) electrons. The molecule has 3 atom stereocenters. The second kappa shape index (κ2) is 9.11. The molecule has 5 rings (SSSR count). The van der Waals surface area contributed by atoms with Gasteiger partial charge in [0.2, 0.25) is 5.91 Å². The Bertz CT molecular complexity index is 1250. The van der Waals surface area contributed by atoms with Crippen molar-refractivity contribution in [2.45, 2.75) is 42.2 Å². The molecule has 0 saturated carbocycles. The van der Waals surface area contributed by atoms with E-state index in [1.165, 1.54) is 4.90 Å². The quantitative estimate of drug-likeness (QED) is 0.316. The Balaban J connectivity index is 1.46. The van der Waals surface area contributed by atoms with E-state index in [2.05, 4.69) is 5.32 Å². The second-order valence-corrected chi connectivity index (χ2v) is 11.7. The molecule has 0 bridgehead atoms. The van der Waals surface area contributed by atoms with Crippen molar-refractivity contribution in [3.63, 3.8) is 0 Å². The number of ether oxygens (including phenoxy) is 1. The predicted molar refractivity (Wildman–Crippen MR) is 135 cm³/mol. The van der Waals surface area contributed by atoms with Crippen molar-refractivity contribution in [3.8, 4) is 0 Å². The third-order valence-electron chi connectivity index (χ3n) is 6.76. The zero-order valence-electron chi connectivity index (χ0n) is 19.9. The molecule has 2 amide bonds. The van der Waals surface area contributed by atoms with Crippen molar-refractivity contribution in [1.82, 2.24) is 10.2 Å². The van der Waals surface area contributed by atoms with E-state index in [4.69, 9.17) is 4.74 Å². The maximum atomic E-state index is 13.8. The maximum absolute atomic E-state index is 13.8. The van der Waals surface area contributed by atoms with Crippen LogP contribution >= 0.6 is 0 Å². The molecule has 2 saturated heterocycles. The summed E-state index contributed by atoms with van der Waals surface area (Å²) in [5.41, 5.74) is 1.92. The lowest BCUT2D eigenvalue weighted by atomic mass is 9.95. The van der Waals surface area contributed by atoms with E-state index in [1.54, 1.807) is 44.2 Å². The second-order valence-electron chi connectivity index (χ2n) is 9.46. The van der Waals surface area contributed by atoms with Crippen LogP contribution in [0.2, 0.25) is 0 Å². The number of nitrogens with zero attached hydrogens (tertiary/aromatic N) is 1. The first-order valence-corrected chi connectivity index (χ1v) is 12.8. The van der Waals surface area contributed by atoms with Gasteiger partial charge in [0.25, 0.3) is 10.9 Å². The number of nitrogens with one attached hydrogen (secondary N) is 1. The number of hydrogen-bond acceptors (Lipinski definition) is 5. The van der Waals surface area contributed by atoms with Gasteiger partial charge in [-0.15, -0.1) is 0 Å². The molecule has 8 heteroatoms. The van der Waals surface area contributed by atoms with Gasteiger partial charge in [0.15, 0.2) is 16.9 Å². The summed E-state index contributed by atoms with van der Waals surface area (Å²) in [5.74, 6) is -1.49. The van der Waals surface area contributed by atoms with Gasteiger partial charge < -0.3 is 9.29 Å². The summed E-state index contributed by atoms with van der Waals surface area (Å²) in [6, 6.07) is 26.0. The van der Waals surface area contributed by atoms with Crippen molar-refractivity contribution in [3.05, 3.63) is 108 Å². The molecule has 2 aliphatic rings. The third kappa shape index (κ3) is 3.86. The van der Waals surface area contributed by atoms with Crippen LogP contribution in [0.4, 0.5) is 0 Å². The van der Waals surface area contributed by atoms with E-state index in [9.17, 15) is 18.9 Å². The van der Waals surface area contributed by atoms with Crippen LogP contribution in [-0.2, 0) is 25.5 Å². The Labute approximate surface area is 212 Å². The van der Waals surface area contributed by atoms with Gasteiger partial charge in [-0.1, -0.05) is 78.9 Å². The lowest BCUT2D eigenvalue weighted by Gasteiger charge is -2.45. The van der Waals surface area contributed by atoms with Crippen LogP contribution in [0.25, 0.3) is 0 Å². The minimum absolute atomic E-state index is 0.147. The molecule has 3 aromatic carbocycles. The summed E-state index contributed by atoms with van der Waals surface area (Å²) < 4.78 is 18.6. The number of rotatable bonds is 6. The highest BCUT2D eigenvalue weighted by Crippen LogP contribution is 2.52.